The van der Waals surface area contributed by atoms with Crippen molar-refractivity contribution in [3.05, 3.63) is 47.7 Å². The lowest BCUT2D eigenvalue weighted by atomic mass is 9.80. The summed E-state index contributed by atoms with van der Waals surface area (Å²) in [6.07, 6.45) is 0.800. The van der Waals surface area contributed by atoms with Gasteiger partial charge in [-0.1, -0.05) is 0 Å². The van der Waals surface area contributed by atoms with E-state index < -0.39 is 10.1 Å². The molecule has 0 atom stereocenters. The third-order valence-electron chi connectivity index (χ3n) is 5.29. The number of aromatic hydroxyl groups is 1. The highest BCUT2D eigenvalue weighted by atomic mass is 32.2. The summed E-state index contributed by atoms with van der Waals surface area (Å²) < 4.78 is 31.5. The highest BCUT2D eigenvalue weighted by Crippen LogP contribution is 2.45. The molecule has 2 heterocycles. The van der Waals surface area contributed by atoms with E-state index in [1.807, 2.05) is 6.07 Å². The summed E-state index contributed by atoms with van der Waals surface area (Å²) >= 11 is 0. The highest BCUT2D eigenvalue weighted by molar-refractivity contribution is 7.85. The van der Waals surface area contributed by atoms with E-state index in [9.17, 15) is 13.5 Å². The monoisotopic (exact) mass is 428 g/mol. The smallest absolute Gasteiger partial charge is 0.294 e. The van der Waals surface area contributed by atoms with E-state index in [0.717, 1.165) is 28.6 Å². The van der Waals surface area contributed by atoms with Crippen molar-refractivity contribution >= 4 is 32.4 Å². The van der Waals surface area contributed by atoms with Crippen molar-refractivity contribution in [2.75, 3.05) is 0 Å². The first-order valence-electron chi connectivity index (χ1n) is 9.53. The van der Waals surface area contributed by atoms with Crippen LogP contribution in [0.25, 0.3) is 10.9 Å². The average molecular weight is 429 g/mol. The standard InChI is InChI=1S/C21H24N4O4S/c1-20(2)11-15-18(21(3,4)25-20)17-14(22-15)9-10-16(26)19(17)24-23-12-5-7-13(8-6-12)30(27,28)29/h5-10,22,25-26H,11H2,1-4H3,(H,27,28,29). The number of rotatable bonds is 3. The van der Waals surface area contributed by atoms with Gasteiger partial charge >= 0.3 is 0 Å². The van der Waals surface area contributed by atoms with Crippen LogP contribution in [0.15, 0.2) is 51.5 Å². The maximum atomic E-state index is 11.2. The van der Waals surface area contributed by atoms with Crippen molar-refractivity contribution in [1.29, 1.82) is 0 Å². The third kappa shape index (κ3) is 3.60. The van der Waals surface area contributed by atoms with Crippen LogP contribution in [0.3, 0.4) is 0 Å². The molecule has 0 unspecified atom stereocenters. The summed E-state index contributed by atoms with van der Waals surface area (Å²) in [5, 5.41) is 23.4. The third-order valence-corrected chi connectivity index (χ3v) is 6.16. The fraction of sp³-hybridized carbons (Fsp3) is 0.333. The molecule has 30 heavy (non-hydrogen) atoms. The van der Waals surface area contributed by atoms with Crippen LogP contribution in [0.1, 0.15) is 39.0 Å². The molecule has 0 saturated heterocycles. The second-order valence-corrected chi connectivity index (χ2v) is 10.2. The number of benzene rings is 2. The molecule has 1 aromatic heterocycles. The molecule has 4 rings (SSSR count). The summed E-state index contributed by atoms with van der Waals surface area (Å²) in [5.74, 6) is 0.00300. The summed E-state index contributed by atoms with van der Waals surface area (Å²) in [6, 6.07) is 8.77. The number of aromatic amines is 1. The molecule has 1 aliphatic heterocycles. The lowest BCUT2D eigenvalue weighted by Crippen LogP contribution is -2.55. The summed E-state index contributed by atoms with van der Waals surface area (Å²) in [5.41, 5.74) is 3.29. The molecule has 0 radical (unpaired) electrons. The normalized spacial score (nSPS) is 18.0. The highest BCUT2D eigenvalue weighted by Gasteiger charge is 2.39. The van der Waals surface area contributed by atoms with Crippen molar-refractivity contribution in [2.45, 2.75) is 50.1 Å². The Balaban J connectivity index is 1.83. The lowest BCUT2D eigenvalue weighted by Gasteiger charge is -2.42. The Kier molecular flexibility index (Phi) is 4.53. The maximum Gasteiger partial charge on any atom is 0.294 e. The summed E-state index contributed by atoms with van der Waals surface area (Å²) in [7, 11) is -4.27. The van der Waals surface area contributed by atoms with Crippen LogP contribution in [0.2, 0.25) is 0 Å². The Bertz CT molecular complexity index is 1270. The Morgan fingerprint density at radius 2 is 1.67 bits per heavy atom. The van der Waals surface area contributed by atoms with Crippen LogP contribution in [-0.2, 0) is 22.1 Å². The van der Waals surface area contributed by atoms with Crippen molar-refractivity contribution in [2.24, 2.45) is 10.2 Å². The number of hydrogen-bond donors (Lipinski definition) is 4. The molecule has 0 amide bonds. The van der Waals surface area contributed by atoms with E-state index in [0.29, 0.717) is 11.4 Å². The number of H-pyrrole nitrogens is 1. The van der Waals surface area contributed by atoms with Gasteiger partial charge in [0.05, 0.1) is 10.6 Å². The number of hydrogen-bond acceptors (Lipinski definition) is 6. The van der Waals surface area contributed by atoms with Gasteiger partial charge in [0.1, 0.15) is 11.4 Å². The molecule has 0 aliphatic carbocycles. The van der Waals surface area contributed by atoms with Crippen LogP contribution in [0.5, 0.6) is 5.75 Å². The zero-order valence-corrected chi connectivity index (χ0v) is 18.0. The van der Waals surface area contributed by atoms with E-state index in [-0.39, 0.29) is 21.7 Å². The Hall–Kier alpha value is -2.75. The first kappa shape index (κ1) is 20.5. The quantitative estimate of drug-likeness (QED) is 0.355. The van der Waals surface area contributed by atoms with Gasteiger partial charge < -0.3 is 15.4 Å². The molecule has 3 aromatic rings. The molecule has 0 spiro atoms. The van der Waals surface area contributed by atoms with Gasteiger partial charge in [0.15, 0.2) is 0 Å². The SMILES string of the molecule is CC1(C)Cc2[nH]c3ccc(O)c(N=Nc4ccc(S(=O)(=O)O)cc4)c3c2C(C)(C)N1. The number of azo groups is 1. The molecular formula is C21H24N4O4S. The van der Waals surface area contributed by atoms with Gasteiger partial charge in [-0.2, -0.15) is 13.5 Å². The van der Waals surface area contributed by atoms with Gasteiger partial charge in [-0.3, -0.25) is 4.55 Å². The minimum Gasteiger partial charge on any atom is -0.506 e. The van der Waals surface area contributed by atoms with Gasteiger partial charge in [-0.25, -0.2) is 0 Å². The van der Waals surface area contributed by atoms with E-state index >= 15 is 0 Å². The predicted molar refractivity (Wildman–Crippen MR) is 114 cm³/mol. The number of nitrogens with one attached hydrogen (secondary N) is 2. The van der Waals surface area contributed by atoms with E-state index in [4.69, 9.17) is 4.55 Å². The van der Waals surface area contributed by atoms with Gasteiger partial charge in [0, 0.05) is 39.7 Å². The molecule has 0 fully saturated rings. The summed E-state index contributed by atoms with van der Waals surface area (Å²) in [4.78, 5) is 3.25. The van der Waals surface area contributed by atoms with E-state index in [2.05, 4.69) is 48.2 Å². The zero-order chi connectivity index (χ0) is 21.9. The number of fused-ring (bicyclic) bond motifs is 3. The van der Waals surface area contributed by atoms with Gasteiger partial charge in [-0.05, 0) is 64.1 Å². The first-order valence-corrected chi connectivity index (χ1v) is 11.0. The van der Waals surface area contributed by atoms with Gasteiger partial charge in [0.25, 0.3) is 10.1 Å². The van der Waals surface area contributed by atoms with Crippen molar-refractivity contribution in [3.63, 3.8) is 0 Å². The largest absolute Gasteiger partial charge is 0.506 e. The second kappa shape index (κ2) is 6.63. The fourth-order valence-corrected chi connectivity index (χ4v) is 4.90. The van der Waals surface area contributed by atoms with Crippen LogP contribution in [0.4, 0.5) is 11.4 Å². The van der Waals surface area contributed by atoms with Crippen molar-refractivity contribution in [3.8, 4) is 5.75 Å². The molecular weight excluding hydrogens is 404 g/mol. The Labute approximate surface area is 174 Å². The number of nitrogens with zero attached hydrogens (tertiary/aromatic N) is 2. The van der Waals surface area contributed by atoms with Crippen LogP contribution in [0, 0.1) is 0 Å². The van der Waals surface area contributed by atoms with Crippen LogP contribution >= 0.6 is 0 Å². The molecule has 0 saturated carbocycles. The van der Waals surface area contributed by atoms with Crippen molar-refractivity contribution in [1.82, 2.24) is 10.3 Å². The van der Waals surface area contributed by atoms with Crippen molar-refractivity contribution < 1.29 is 18.1 Å². The number of phenolic OH excluding ortho intramolecular Hbond substituents is 1. The van der Waals surface area contributed by atoms with Gasteiger partial charge in [0.2, 0.25) is 0 Å². The number of phenols is 1. The molecule has 4 N–H and O–H groups in total. The fourth-order valence-electron chi connectivity index (χ4n) is 4.42. The maximum absolute atomic E-state index is 11.2. The van der Waals surface area contributed by atoms with Gasteiger partial charge in [-0.15, -0.1) is 5.11 Å². The van der Waals surface area contributed by atoms with E-state index in [1.165, 1.54) is 24.3 Å². The first-order chi connectivity index (χ1) is 13.9. The molecule has 1 aliphatic rings. The molecule has 0 bridgehead atoms. The molecule has 158 valence electrons. The Morgan fingerprint density at radius 3 is 2.30 bits per heavy atom. The molecule has 8 nitrogen and oxygen atoms in total. The molecule has 2 aromatic carbocycles. The van der Waals surface area contributed by atoms with E-state index in [1.54, 1.807) is 6.07 Å². The van der Waals surface area contributed by atoms with Crippen LogP contribution < -0.4 is 5.32 Å². The Morgan fingerprint density at radius 1 is 1.00 bits per heavy atom. The minimum absolute atomic E-state index is 0.00300. The second-order valence-electron chi connectivity index (χ2n) is 8.81. The van der Waals surface area contributed by atoms with Crippen LogP contribution in [-0.4, -0.2) is 28.6 Å². The minimum atomic E-state index is -4.27. The average Bonchev–Trinajstić information content (AvgIpc) is 2.97. The lowest BCUT2D eigenvalue weighted by molar-refractivity contribution is 0.242. The number of aromatic nitrogens is 1. The summed E-state index contributed by atoms with van der Waals surface area (Å²) in [6.45, 7) is 8.49. The topological polar surface area (TPSA) is 127 Å². The predicted octanol–water partition coefficient (Wildman–Crippen LogP) is 4.70. The zero-order valence-electron chi connectivity index (χ0n) is 17.2. The molecule has 9 heteroatoms.